The number of benzene rings is 1. The Balaban J connectivity index is 1.80. The fourth-order valence-corrected chi connectivity index (χ4v) is 2.52. The number of amides is 1. The molecule has 0 aromatic heterocycles. The van der Waals surface area contributed by atoms with Gasteiger partial charge >= 0.3 is 0 Å². The monoisotopic (exact) mass is 278 g/mol. The van der Waals surface area contributed by atoms with Crippen molar-refractivity contribution in [2.24, 2.45) is 5.92 Å². The van der Waals surface area contributed by atoms with Crippen molar-refractivity contribution in [3.8, 4) is 0 Å². The number of rotatable bonds is 4. The third-order valence-electron chi connectivity index (χ3n) is 4.13. The van der Waals surface area contributed by atoms with Crippen molar-refractivity contribution in [2.75, 3.05) is 13.1 Å². The first-order valence-corrected chi connectivity index (χ1v) is 7.32. The number of hydrogen-bond donors (Lipinski definition) is 1. The lowest BCUT2D eigenvalue weighted by molar-refractivity contribution is -0.126. The van der Waals surface area contributed by atoms with Crippen LogP contribution in [0.15, 0.2) is 24.3 Å². The van der Waals surface area contributed by atoms with Crippen molar-refractivity contribution in [1.29, 1.82) is 0 Å². The molecule has 1 N–H and O–H groups in total. The van der Waals surface area contributed by atoms with Crippen molar-refractivity contribution in [1.82, 2.24) is 10.2 Å². The van der Waals surface area contributed by atoms with E-state index in [4.69, 9.17) is 0 Å². The maximum atomic E-state index is 12.8. The largest absolute Gasteiger partial charge is 0.351 e. The molecule has 20 heavy (non-hydrogen) atoms. The average molecular weight is 278 g/mol. The van der Waals surface area contributed by atoms with Gasteiger partial charge in [-0.25, -0.2) is 4.39 Å². The zero-order valence-electron chi connectivity index (χ0n) is 12.2. The Hall–Kier alpha value is -1.42. The first-order chi connectivity index (χ1) is 9.56. The van der Waals surface area contributed by atoms with Gasteiger partial charge in [0.05, 0.1) is 6.04 Å². The molecule has 110 valence electrons. The van der Waals surface area contributed by atoms with Crippen LogP contribution in [0.2, 0.25) is 0 Å². The number of piperidine rings is 1. The number of nitrogens with one attached hydrogen (secondary N) is 1. The molecule has 2 rings (SSSR count). The second-order valence-electron chi connectivity index (χ2n) is 5.74. The first-order valence-electron chi connectivity index (χ1n) is 7.32. The van der Waals surface area contributed by atoms with Crippen LogP contribution in [0.25, 0.3) is 0 Å². The molecule has 1 aliphatic rings. The van der Waals surface area contributed by atoms with Crippen LogP contribution in [0.4, 0.5) is 4.39 Å². The third kappa shape index (κ3) is 4.04. The number of likely N-dealkylation sites (tertiary alicyclic amines) is 1. The molecule has 1 atom stereocenters. The molecule has 1 heterocycles. The van der Waals surface area contributed by atoms with Crippen LogP contribution in [-0.2, 0) is 11.3 Å². The van der Waals surface area contributed by atoms with Crippen LogP contribution in [0.3, 0.4) is 0 Å². The highest BCUT2D eigenvalue weighted by atomic mass is 19.1. The molecule has 0 saturated carbocycles. The van der Waals surface area contributed by atoms with Gasteiger partial charge in [-0.15, -0.1) is 0 Å². The molecule has 3 nitrogen and oxygen atoms in total. The molecule has 0 radical (unpaired) electrons. The molecule has 0 unspecified atom stereocenters. The van der Waals surface area contributed by atoms with Gasteiger partial charge in [-0.3, -0.25) is 9.69 Å². The van der Waals surface area contributed by atoms with Gasteiger partial charge < -0.3 is 5.32 Å². The van der Waals surface area contributed by atoms with Gasteiger partial charge in [-0.2, -0.15) is 0 Å². The zero-order valence-corrected chi connectivity index (χ0v) is 12.2. The Morgan fingerprint density at radius 3 is 2.55 bits per heavy atom. The van der Waals surface area contributed by atoms with Crippen LogP contribution in [0, 0.1) is 11.7 Å². The van der Waals surface area contributed by atoms with Crippen LogP contribution >= 0.6 is 0 Å². The van der Waals surface area contributed by atoms with E-state index in [1.165, 1.54) is 12.1 Å². The summed E-state index contributed by atoms with van der Waals surface area (Å²) in [5.41, 5.74) is 0.916. The van der Waals surface area contributed by atoms with E-state index >= 15 is 0 Å². The molecule has 0 spiro atoms. The Bertz CT molecular complexity index is 438. The van der Waals surface area contributed by atoms with Crippen molar-refractivity contribution in [2.45, 2.75) is 39.3 Å². The fraction of sp³-hybridized carbons (Fsp3) is 0.562. The highest BCUT2D eigenvalue weighted by Gasteiger charge is 2.24. The molecule has 1 fully saturated rings. The van der Waals surface area contributed by atoms with Crippen molar-refractivity contribution >= 4 is 5.91 Å². The highest BCUT2D eigenvalue weighted by Crippen LogP contribution is 2.18. The predicted octanol–water partition coefficient (Wildman–Crippen LogP) is 2.56. The summed E-state index contributed by atoms with van der Waals surface area (Å²) in [6.45, 7) is 6.65. The summed E-state index contributed by atoms with van der Waals surface area (Å²) in [4.78, 5) is 14.4. The van der Waals surface area contributed by atoms with Crippen LogP contribution in [0.1, 0.15) is 32.3 Å². The van der Waals surface area contributed by atoms with E-state index < -0.39 is 0 Å². The molecule has 0 bridgehead atoms. The summed E-state index contributed by atoms with van der Waals surface area (Å²) in [7, 11) is 0. The first kappa shape index (κ1) is 15.0. The van der Waals surface area contributed by atoms with Gasteiger partial charge in [-0.1, -0.05) is 19.1 Å². The number of hydrogen-bond acceptors (Lipinski definition) is 2. The van der Waals surface area contributed by atoms with E-state index in [-0.39, 0.29) is 17.8 Å². The van der Waals surface area contributed by atoms with E-state index in [0.29, 0.717) is 6.54 Å². The number of carbonyl (C=O) groups excluding carboxylic acids is 1. The maximum Gasteiger partial charge on any atom is 0.237 e. The topological polar surface area (TPSA) is 32.3 Å². The molecule has 1 aliphatic heterocycles. The average Bonchev–Trinajstić information content (AvgIpc) is 2.46. The van der Waals surface area contributed by atoms with Crippen molar-refractivity contribution < 1.29 is 9.18 Å². The van der Waals surface area contributed by atoms with Crippen LogP contribution < -0.4 is 5.32 Å². The Labute approximate surface area is 120 Å². The summed E-state index contributed by atoms with van der Waals surface area (Å²) in [6, 6.07) is 6.13. The zero-order chi connectivity index (χ0) is 14.5. The van der Waals surface area contributed by atoms with Gasteiger partial charge in [0.25, 0.3) is 0 Å². The molecule has 1 aromatic rings. The summed E-state index contributed by atoms with van der Waals surface area (Å²) in [5, 5.41) is 2.92. The molecule has 0 aliphatic carbocycles. The minimum Gasteiger partial charge on any atom is -0.351 e. The predicted molar refractivity (Wildman–Crippen MR) is 77.7 cm³/mol. The fourth-order valence-electron chi connectivity index (χ4n) is 2.52. The normalized spacial score (nSPS) is 18.8. The number of nitrogens with zero attached hydrogens (tertiary/aromatic N) is 1. The second-order valence-corrected chi connectivity index (χ2v) is 5.74. The number of halogens is 1. The summed E-state index contributed by atoms with van der Waals surface area (Å²) in [6.07, 6.45) is 2.32. The molecule has 4 heteroatoms. The molecule has 1 saturated heterocycles. The molecule has 1 aromatic carbocycles. The molecule has 1 amide bonds. The Kier molecular flexibility index (Phi) is 5.12. The van der Waals surface area contributed by atoms with Crippen molar-refractivity contribution in [3.05, 3.63) is 35.6 Å². The van der Waals surface area contributed by atoms with Gasteiger partial charge in [0, 0.05) is 6.54 Å². The quantitative estimate of drug-likeness (QED) is 0.918. The summed E-state index contributed by atoms with van der Waals surface area (Å²) in [5.74, 6) is 0.556. The third-order valence-corrected chi connectivity index (χ3v) is 4.13. The van der Waals surface area contributed by atoms with E-state index in [1.54, 1.807) is 12.1 Å². The van der Waals surface area contributed by atoms with E-state index in [9.17, 15) is 9.18 Å². The SMILES string of the molecule is CC1CCN([C@H](C)C(=O)NCc2ccc(F)cc2)CC1. The lowest BCUT2D eigenvalue weighted by Gasteiger charge is -2.34. The van der Waals surface area contributed by atoms with Gasteiger partial charge in [0.15, 0.2) is 0 Å². The highest BCUT2D eigenvalue weighted by molar-refractivity contribution is 5.81. The van der Waals surface area contributed by atoms with Crippen molar-refractivity contribution in [3.63, 3.8) is 0 Å². The maximum absolute atomic E-state index is 12.8. The standard InChI is InChI=1S/C16H23FN2O/c1-12-7-9-19(10-8-12)13(2)16(20)18-11-14-3-5-15(17)6-4-14/h3-6,12-13H,7-11H2,1-2H3,(H,18,20)/t13-/m1/s1. The van der Waals surface area contributed by atoms with E-state index in [1.807, 2.05) is 6.92 Å². The lowest BCUT2D eigenvalue weighted by atomic mass is 9.98. The minimum atomic E-state index is -0.254. The summed E-state index contributed by atoms with van der Waals surface area (Å²) < 4.78 is 12.8. The smallest absolute Gasteiger partial charge is 0.237 e. The Morgan fingerprint density at radius 1 is 1.35 bits per heavy atom. The molecular formula is C16H23FN2O. The van der Waals surface area contributed by atoms with Gasteiger partial charge in [0.2, 0.25) is 5.91 Å². The van der Waals surface area contributed by atoms with E-state index in [0.717, 1.165) is 37.4 Å². The number of carbonyl (C=O) groups is 1. The lowest BCUT2D eigenvalue weighted by Crippen LogP contribution is -2.47. The van der Waals surface area contributed by atoms with Crippen LogP contribution in [0.5, 0.6) is 0 Å². The summed E-state index contributed by atoms with van der Waals surface area (Å²) >= 11 is 0. The van der Waals surface area contributed by atoms with E-state index in [2.05, 4.69) is 17.1 Å². The second kappa shape index (κ2) is 6.84. The van der Waals surface area contributed by atoms with Gasteiger partial charge in [-0.05, 0) is 56.5 Å². The minimum absolute atomic E-state index is 0.0453. The van der Waals surface area contributed by atoms with Crippen LogP contribution in [-0.4, -0.2) is 29.9 Å². The Morgan fingerprint density at radius 2 is 1.95 bits per heavy atom. The molecular weight excluding hydrogens is 255 g/mol. The van der Waals surface area contributed by atoms with Gasteiger partial charge in [0.1, 0.15) is 5.82 Å².